The summed E-state index contributed by atoms with van der Waals surface area (Å²) in [4.78, 5) is 17.3. The van der Waals surface area contributed by atoms with E-state index < -0.39 is 0 Å². The van der Waals surface area contributed by atoms with Crippen LogP contribution < -0.4 is 0 Å². The van der Waals surface area contributed by atoms with Gasteiger partial charge in [-0.25, -0.2) is 0 Å². The molecule has 2 nitrogen and oxygen atoms in total. The van der Waals surface area contributed by atoms with Gasteiger partial charge in [0.1, 0.15) is 0 Å². The number of carbonyl (C=O) groups excluding carboxylic acids is 1. The van der Waals surface area contributed by atoms with Crippen molar-refractivity contribution in [1.29, 1.82) is 0 Å². The molecule has 0 bridgehead atoms. The lowest BCUT2D eigenvalue weighted by Gasteiger charge is -2.29. The first-order chi connectivity index (χ1) is 9.81. The highest BCUT2D eigenvalue weighted by atomic mass is 32.2. The van der Waals surface area contributed by atoms with Crippen LogP contribution in [0, 0.1) is 0 Å². The number of pyridine rings is 1. The summed E-state index contributed by atoms with van der Waals surface area (Å²) in [6.07, 6.45) is 2.83. The summed E-state index contributed by atoms with van der Waals surface area (Å²) in [5, 5.41) is 1.50. The van der Waals surface area contributed by atoms with Crippen LogP contribution in [0.2, 0.25) is 0 Å². The molecular weight excluding hydrogens is 286 g/mol. The van der Waals surface area contributed by atoms with Crippen molar-refractivity contribution in [2.75, 3.05) is 11.5 Å². The largest absolute Gasteiger partial charge is 0.293 e. The average molecular weight is 303 g/mol. The zero-order chi connectivity index (χ0) is 13.9. The molecular formula is C16H17NOS2. The van der Waals surface area contributed by atoms with Gasteiger partial charge in [-0.2, -0.15) is 11.8 Å². The van der Waals surface area contributed by atoms with Gasteiger partial charge in [0.2, 0.25) is 0 Å². The summed E-state index contributed by atoms with van der Waals surface area (Å²) in [5.41, 5.74) is 1.73. The average Bonchev–Trinajstić information content (AvgIpc) is 2.53. The summed E-state index contributed by atoms with van der Waals surface area (Å²) < 4.78 is 0. The van der Waals surface area contributed by atoms with Gasteiger partial charge >= 0.3 is 0 Å². The monoisotopic (exact) mass is 303 g/mol. The second-order valence-electron chi connectivity index (χ2n) is 4.85. The van der Waals surface area contributed by atoms with E-state index >= 15 is 0 Å². The molecule has 2 heterocycles. The van der Waals surface area contributed by atoms with Gasteiger partial charge in [-0.15, -0.1) is 11.8 Å². The molecule has 1 aromatic heterocycles. The van der Waals surface area contributed by atoms with E-state index in [1.807, 2.05) is 53.9 Å². The highest BCUT2D eigenvalue weighted by molar-refractivity contribution is 8.07. The third-order valence-electron chi connectivity index (χ3n) is 3.62. The molecule has 2 unspecified atom stereocenters. The van der Waals surface area contributed by atoms with Gasteiger partial charge in [-0.3, -0.25) is 9.78 Å². The van der Waals surface area contributed by atoms with Crippen molar-refractivity contribution in [2.24, 2.45) is 0 Å². The number of aromatic nitrogens is 1. The number of hydrogen-bond acceptors (Lipinski definition) is 4. The van der Waals surface area contributed by atoms with Gasteiger partial charge in [0.15, 0.2) is 5.78 Å². The Morgan fingerprint density at radius 2 is 2.10 bits per heavy atom. The molecule has 2 aromatic rings. The number of thioether (sulfide) groups is 2. The number of carbonyl (C=O) groups is 1. The van der Waals surface area contributed by atoms with Gasteiger partial charge in [0.05, 0.1) is 10.8 Å². The lowest BCUT2D eigenvalue weighted by atomic mass is 10.0. The highest BCUT2D eigenvalue weighted by Gasteiger charge is 2.32. The first-order valence-corrected chi connectivity index (χ1v) is 9.02. The Hall–Kier alpha value is -1.00. The third-order valence-corrected chi connectivity index (χ3v) is 6.87. The van der Waals surface area contributed by atoms with Gasteiger partial charge in [0.25, 0.3) is 0 Å². The van der Waals surface area contributed by atoms with Crippen molar-refractivity contribution in [2.45, 2.75) is 23.8 Å². The summed E-state index contributed by atoms with van der Waals surface area (Å²) in [6.45, 7) is 2.18. The zero-order valence-corrected chi connectivity index (χ0v) is 13.0. The minimum absolute atomic E-state index is 0.0876. The van der Waals surface area contributed by atoms with Gasteiger partial charge in [-0.1, -0.05) is 25.1 Å². The van der Waals surface area contributed by atoms with Crippen LogP contribution in [0.1, 0.15) is 23.7 Å². The number of hydrogen-bond donors (Lipinski definition) is 0. The maximum absolute atomic E-state index is 12.9. The molecule has 0 saturated carbocycles. The molecule has 1 aliphatic heterocycles. The Bertz CT molecular complexity index is 623. The molecule has 0 amide bonds. The van der Waals surface area contributed by atoms with Gasteiger partial charge in [0, 0.05) is 33.9 Å². The fraction of sp³-hybridized carbons (Fsp3) is 0.375. The van der Waals surface area contributed by atoms with Gasteiger partial charge < -0.3 is 0 Å². The van der Waals surface area contributed by atoms with Crippen LogP contribution in [0.4, 0.5) is 0 Å². The topological polar surface area (TPSA) is 30.0 Å². The van der Waals surface area contributed by atoms with Crippen molar-refractivity contribution in [3.05, 3.63) is 42.1 Å². The van der Waals surface area contributed by atoms with E-state index in [-0.39, 0.29) is 11.0 Å². The van der Waals surface area contributed by atoms with E-state index in [2.05, 4.69) is 11.9 Å². The molecule has 1 saturated heterocycles. The van der Waals surface area contributed by atoms with Crippen LogP contribution in [0.3, 0.4) is 0 Å². The Morgan fingerprint density at radius 1 is 1.25 bits per heavy atom. The molecule has 4 heteroatoms. The summed E-state index contributed by atoms with van der Waals surface area (Å²) >= 11 is 3.76. The lowest BCUT2D eigenvalue weighted by Crippen LogP contribution is -2.32. The van der Waals surface area contributed by atoms with E-state index in [0.29, 0.717) is 5.25 Å². The van der Waals surface area contributed by atoms with Crippen LogP contribution in [0.15, 0.2) is 36.5 Å². The number of rotatable bonds is 3. The van der Waals surface area contributed by atoms with Crippen LogP contribution in [-0.4, -0.2) is 32.8 Å². The molecule has 0 spiro atoms. The Morgan fingerprint density at radius 3 is 2.95 bits per heavy atom. The van der Waals surface area contributed by atoms with Crippen LogP contribution in [0.5, 0.6) is 0 Å². The van der Waals surface area contributed by atoms with E-state index in [1.54, 1.807) is 6.20 Å². The molecule has 1 aromatic carbocycles. The van der Waals surface area contributed by atoms with E-state index in [4.69, 9.17) is 0 Å². The molecule has 3 rings (SSSR count). The first-order valence-electron chi connectivity index (χ1n) is 6.92. The van der Waals surface area contributed by atoms with E-state index in [9.17, 15) is 4.79 Å². The third kappa shape index (κ3) is 2.59. The maximum atomic E-state index is 12.9. The Labute approximate surface area is 127 Å². The fourth-order valence-electron chi connectivity index (χ4n) is 2.62. The fourth-order valence-corrected chi connectivity index (χ4v) is 5.63. The number of benzene rings is 1. The van der Waals surface area contributed by atoms with Crippen molar-refractivity contribution < 1.29 is 4.79 Å². The molecule has 1 fully saturated rings. The zero-order valence-electron chi connectivity index (χ0n) is 11.4. The van der Waals surface area contributed by atoms with Crippen molar-refractivity contribution >= 4 is 40.2 Å². The normalized spacial score (nSPS) is 22.9. The van der Waals surface area contributed by atoms with Crippen LogP contribution in [0.25, 0.3) is 10.9 Å². The van der Waals surface area contributed by atoms with Gasteiger partial charge in [-0.05, 0) is 18.6 Å². The van der Waals surface area contributed by atoms with Crippen molar-refractivity contribution in [3.8, 4) is 0 Å². The summed E-state index contributed by atoms with van der Waals surface area (Å²) in [5.74, 6) is 2.50. The van der Waals surface area contributed by atoms with Crippen LogP contribution >= 0.6 is 23.5 Å². The molecule has 0 N–H and O–H groups in total. The molecule has 104 valence electrons. The summed E-state index contributed by atoms with van der Waals surface area (Å²) in [6, 6.07) is 9.74. The molecule has 1 aliphatic rings. The lowest BCUT2D eigenvalue weighted by molar-refractivity contribution is 0.0989. The van der Waals surface area contributed by atoms with E-state index in [1.165, 1.54) is 0 Å². The first kappa shape index (κ1) is 14.0. The van der Waals surface area contributed by atoms with E-state index in [0.717, 1.165) is 34.4 Å². The maximum Gasteiger partial charge on any atom is 0.177 e. The number of Topliss-reactive ketones (excluding diaryl/α,β-unsaturated/α-hetero) is 1. The SMILES string of the molecule is CCC1SCCSC1C(=O)c1cccc2ncccc12. The number of ketones is 1. The standard InChI is InChI=1S/C16H17NOS2/c1-2-14-16(20-10-9-19-14)15(18)12-5-3-7-13-11(12)6-4-8-17-13/h3-8,14,16H,2,9-10H2,1H3. The number of fused-ring (bicyclic) bond motifs is 1. The predicted octanol–water partition coefficient (Wildman–Crippen LogP) is 4.04. The molecule has 0 aliphatic carbocycles. The summed E-state index contributed by atoms with van der Waals surface area (Å²) in [7, 11) is 0. The smallest absolute Gasteiger partial charge is 0.177 e. The molecule has 0 radical (unpaired) electrons. The second-order valence-corrected chi connectivity index (χ2v) is 7.45. The Kier molecular flexibility index (Phi) is 4.32. The minimum Gasteiger partial charge on any atom is -0.293 e. The van der Waals surface area contributed by atoms with Crippen LogP contribution in [-0.2, 0) is 0 Å². The molecule has 20 heavy (non-hydrogen) atoms. The molecule has 2 atom stereocenters. The van der Waals surface area contributed by atoms with Crippen molar-refractivity contribution in [3.63, 3.8) is 0 Å². The minimum atomic E-state index is 0.0876. The predicted molar refractivity (Wildman–Crippen MR) is 88.9 cm³/mol. The second kappa shape index (κ2) is 6.19. The van der Waals surface area contributed by atoms with Crippen molar-refractivity contribution in [1.82, 2.24) is 4.98 Å². The number of nitrogens with zero attached hydrogens (tertiary/aromatic N) is 1. The quantitative estimate of drug-likeness (QED) is 0.800. The highest BCUT2D eigenvalue weighted by Crippen LogP contribution is 2.36. The Balaban J connectivity index is 1.99.